The van der Waals surface area contributed by atoms with E-state index >= 15 is 0 Å². The molecule has 0 spiro atoms. The number of hydrogen-bond donors (Lipinski definition) is 1. The van der Waals surface area contributed by atoms with Crippen LogP contribution in [0.25, 0.3) is 16.7 Å². The van der Waals surface area contributed by atoms with Crippen LogP contribution in [0.5, 0.6) is 0 Å². The standard InChI is InChI=1S/C17H13N5O2/c23-16-13-3-1-2-4-14(13)20-17(24)22(16)10-12-5-6-19-15(9-12)21-8-7-18-11-21/h1-9,11H,10H2,(H,20,24). The van der Waals surface area contributed by atoms with Crippen LogP contribution in [0.4, 0.5) is 0 Å². The zero-order chi connectivity index (χ0) is 16.5. The number of para-hydroxylation sites is 1. The Bertz CT molecular complexity index is 1130. The van der Waals surface area contributed by atoms with E-state index in [0.29, 0.717) is 16.7 Å². The fourth-order valence-electron chi connectivity index (χ4n) is 2.62. The van der Waals surface area contributed by atoms with E-state index < -0.39 is 5.69 Å². The highest BCUT2D eigenvalue weighted by atomic mass is 16.2. The fraction of sp³-hybridized carbons (Fsp3) is 0.0588. The Morgan fingerprint density at radius 3 is 2.79 bits per heavy atom. The summed E-state index contributed by atoms with van der Waals surface area (Å²) in [5, 5.41) is 0.487. The molecular weight excluding hydrogens is 306 g/mol. The van der Waals surface area contributed by atoms with Crippen molar-refractivity contribution >= 4 is 10.9 Å². The predicted octanol–water partition coefficient (Wildman–Crippen LogP) is 1.32. The predicted molar refractivity (Wildman–Crippen MR) is 89.3 cm³/mol. The van der Waals surface area contributed by atoms with Crippen molar-refractivity contribution in [2.24, 2.45) is 0 Å². The van der Waals surface area contributed by atoms with Crippen LogP contribution in [0, 0.1) is 0 Å². The number of benzene rings is 1. The summed E-state index contributed by atoms with van der Waals surface area (Å²) in [7, 11) is 0. The molecule has 0 aliphatic carbocycles. The van der Waals surface area contributed by atoms with Crippen LogP contribution in [0.2, 0.25) is 0 Å². The zero-order valence-electron chi connectivity index (χ0n) is 12.6. The number of aromatic nitrogens is 5. The monoisotopic (exact) mass is 319 g/mol. The summed E-state index contributed by atoms with van der Waals surface area (Å²) in [6, 6.07) is 10.6. The van der Waals surface area contributed by atoms with Gasteiger partial charge in [0.15, 0.2) is 0 Å². The summed E-state index contributed by atoms with van der Waals surface area (Å²) in [6.07, 6.45) is 6.72. The van der Waals surface area contributed by atoms with Gasteiger partial charge in [0.2, 0.25) is 0 Å². The van der Waals surface area contributed by atoms with Gasteiger partial charge in [-0.3, -0.25) is 13.9 Å². The number of fused-ring (bicyclic) bond motifs is 1. The van der Waals surface area contributed by atoms with Gasteiger partial charge in [0.05, 0.1) is 17.4 Å². The van der Waals surface area contributed by atoms with Crippen molar-refractivity contribution in [2.45, 2.75) is 6.54 Å². The number of imidazole rings is 1. The second-order valence-corrected chi connectivity index (χ2v) is 5.36. The summed E-state index contributed by atoms with van der Waals surface area (Å²) >= 11 is 0. The van der Waals surface area contributed by atoms with Crippen molar-refractivity contribution in [3.05, 3.63) is 87.7 Å². The molecule has 4 aromatic rings. The smallest absolute Gasteiger partial charge is 0.307 e. The molecule has 0 radical (unpaired) electrons. The first-order valence-electron chi connectivity index (χ1n) is 7.37. The first-order valence-corrected chi connectivity index (χ1v) is 7.37. The minimum atomic E-state index is -0.431. The molecule has 7 heteroatoms. The second kappa shape index (κ2) is 5.62. The Morgan fingerprint density at radius 1 is 1.08 bits per heavy atom. The zero-order valence-corrected chi connectivity index (χ0v) is 12.6. The number of rotatable bonds is 3. The molecule has 0 atom stereocenters. The van der Waals surface area contributed by atoms with Crippen LogP contribution >= 0.6 is 0 Å². The quantitative estimate of drug-likeness (QED) is 0.617. The maximum absolute atomic E-state index is 12.6. The molecule has 3 heterocycles. The SMILES string of the molecule is O=c1[nH]c2ccccc2c(=O)n1Cc1ccnc(-n2ccnc2)c1. The maximum atomic E-state index is 12.6. The first-order chi connectivity index (χ1) is 11.7. The van der Waals surface area contributed by atoms with Crippen molar-refractivity contribution in [1.82, 2.24) is 24.1 Å². The van der Waals surface area contributed by atoms with Gasteiger partial charge in [-0.25, -0.2) is 14.8 Å². The molecule has 0 amide bonds. The Morgan fingerprint density at radius 2 is 1.96 bits per heavy atom. The van der Waals surface area contributed by atoms with Crippen molar-refractivity contribution in [3.63, 3.8) is 0 Å². The Hall–Kier alpha value is -3.48. The van der Waals surface area contributed by atoms with E-state index in [1.807, 2.05) is 6.07 Å². The van der Waals surface area contributed by atoms with Gasteiger partial charge in [-0.2, -0.15) is 0 Å². The highest BCUT2D eigenvalue weighted by molar-refractivity contribution is 5.76. The lowest BCUT2D eigenvalue weighted by Crippen LogP contribution is -2.35. The molecule has 24 heavy (non-hydrogen) atoms. The van der Waals surface area contributed by atoms with Crippen molar-refractivity contribution in [2.75, 3.05) is 0 Å². The van der Waals surface area contributed by atoms with Crippen LogP contribution in [0.15, 0.2) is 70.9 Å². The molecule has 0 saturated carbocycles. The number of aromatic amines is 1. The minimum Gasteiger partial charge on any atom is -0.307 e. The molecule has 1 aromatic carbocycles. The molecule has 0 aliphatic heterocycles. The lowest BCUT2D eigenvalue weighted by atomic mass is 10.2. The van der Waals surface area contributed by atoms with Crippen molar-refractivity contribution in [1.29, 1.82) is 0 Å². The Balaban J connectivity index is 1.79. The fourth-order valence-corrected chi connectivity index (χ4v) is 2.62. The number of hydrogen-bond acceptors (Lipinski definition) is 4. The molecule has 118 valence electrons. The molecule has 0 aliphatic rings. The van der Waals surface area contributed by atoms with E-state index in [4.69, 9.17) is 0 Å². The maximum Gasteiger partial charge on any atom is 0.329 e. The highest BCUT2D eigenvalue weighted by Crippen LogP contribution is 2.08. The van der Waals surface area contributed by atoms with E-state index in [0.717, 1.165) is 5.56 Å². The Labute approximate surface area is 135 Å². The highest BCUT2D eigenvalue weighted by Gasteiger charge is 2.08. The third kappa shape index (κ3) is 2.41. The van der Waals surface area contributed by atoms with Gasteiger partial charge in [0, 0.05) is 18.6 Å². The molecule has 0 saturated heterocycles. The topological polar surface area (TPSA) is 85.6 Å². The van der Waals surface area contributed by atoms with Crippen molar-refractivity contribution in [3.8, 4) is 5.82 Å². The van der Waals surface area contributed by atoms with Gasteiger partial charge in [0.25, 0.3) is 5.56 Å². The lowest BCUT2D eigenvalue weighted by molar-refractivity contribution is 0.710. The molecule has 7 nitrogen and oxygen atoms in total. The lowest BCUT2D eigenvalue weighted by Gasteiger charge is -2.08. The van der Waals surface area contributed by atoms with E-state index in [1.165, 1.54) is 4.57 Å². The third-order valence-electron chi connectivity index (χ3n) is 3.81. The number of nitrogens with one attached hydrogen (secondary N) is 1. The van der Waals surface area contributed by atoms with Gasteiger partial charge in [-0.05, 0) is 29.8 Å². The third-order valence-corrected chi connectivity index (χ3v) is 3.81. The average Bonchev–Trinajstić information content (AvgIpc) is 3.14. The van der Waals surface area contributed by atoms with Gasteiger partial charge in [-0.15, -0.1) is 0 Å². The molecule has 4 rings (SSSR count). The minimum absolute atomic E-state index is 0.170. The van der Waals surface area contributed by atoms with Crippen LogP contribution in [0.1, 0.15) is 5.56 Å². The molecule has 0 unspecified atom stereocenters. The van der Waals surface area contributed by atoms with Crippen LogP contribution < -0.4 is 11.2 Å². The first kappa shape index (κ1) is 14.1. The van der Waals surface area contributed by atoms with Gasteiger partial charge >= 0.3 is 5.69 Å². The molecule has 0 fully saturated rings. The van der Waals surface area contributed by atoms with Crippen molar-refractivity contribution < 1.29 is 0 Å². The molecule has 0 bridgehead atoms. The van der Waals surface area contributed by atoms with Gasteiger partial charge in [0.1, 0.15) is 12.1 Å². The molecular formula is C17H13N5O2. The van der Waals surface area contributed by atoms with Crippen LogP contribution in [0.3, 0.4) is 0 Å². The Kier molecular flexibility index (Phi) is 3.31. The second-order valence-electron chi connectivity index (χ2n) is 5.36. The largest absolute Gasteiger partial charge is 0.329 e. The van der Waals surface area contributed by atoms with Crippen LogP contribution in [-0.2, 0) is 6.54 Å². The average molecular weight is 319 g/mol. The summed E-state index contributed by atoms with van der Waals surface area (Å²) in [4.78, 5) is 35.8. The molecule has 3 aromatic heterocycles. The van der Waals surface area contributed by atoms with Gasteiger partial charge < -0.3 is 4.98 Å². The van der Waals surface area contributed by atoms with Gasteiger partial charge in [-0.1, -0.05) is 12.1 Å². The van der Waals surface area contributed by atoms with E-state index in [9.17, 15) is 9.59 Å². The summed E-state index contributed by atoms with van der Waals surface area (Å²) in [5.41, 5.74) is 0.601. The van der Waals surface area contributed by atoms with Crippen LogP contribution in [-0.4, -0.2) is 24.1 Å². The van der Waals surface area contributed by atoms with E-state index in [2.05, 4.69) is 15.0 Å². The van der Waals surface area contributed by atoms with E-state index in [-0.39, 0.29) is 12.1 Å². The summed E-state index contributed by atoms with van der Waals surface area (Å²) in [5.74, 6) is 0.676. The van der Waals surface area contributed by atoms with E-state index in [1.54, 1.807) is 59.8 Å². The number of pyridine rings is 1. The molecule has 1 N–H and O–H groups in total. The number of H-pyrrole nitrogens is 1. The summed E-state index contributed by atoms with van der Waals surface area (Å²) in [6.45, 7) is 0.170. The normalized spacial score (nSPS) is 11.0. The number of nitrogens with zero attached hydrogens (tertiary/aromatic N) is 4. The summed E-state index contributed by atoms with van der Waals surface area (Å²) < 4.78 is 2.95.